The lowest BCUT2D eigenvalue weighted by Gasteiger charge is -2.25. The Morgan fingerprint density at radius 1 is 1.30 bits per heavy atom. The van der Waals surface area contributed by atoms with E-state index in [1.54, 1.807) is 7.11 Å². The van der Waals surface area contributed by atoms with Crippen LogP contribution in [0, 0.1) is 0 Å². The SMILES string of the molecule is CCC(OC)OC(C)(C)C. The molecule has 0 radical (unpaired) electrons. The van der Waals surface area contributed by atoms with Crippen molar-refractivity contribution in [2.24, 2.45) is 0 Å². The summed E-state index contributed by atoms with van der Waals surface area (Å²) in [7, 11) is 1.67. The minimum absolute atomic E-state index is 0.0556. The summed E-state index contributed by atoms with van der Waals surface area (Å²) in [5, 5.41) is 0. The highest BCUT2D eigenvalue weighted by Crippen LogP contribution is 2.12. The first-order chi connectivity index (χ1) is 4.49. The predicted molar refractivity (Wildman–Crippen MR) is 41.9 cm³/mol. The lowest BCUT2D eigenvalue weighted by Crippen LogP contribution is -2.28. The van der Waals surface area contributed by atoms with Crippen LogP contribution in [0.5, 0.6) is 0 Å². The fraction of sp³-hybridized carbons (Fsp3) is 1.00. The van der Waals surface area contributed by atoms with Crippen molar-refractivity contribution >= 4 is 0 Å². The van der Waals surface area contributed by atoms with Crippen LogP contribution in [0.1, 0.15) is 34.1 Å². The summed E-state index contributed by atoms with van der Waals surface area (Å²) in [5.41, 5.74) is -0.101. The van der Waals surface area contributed by atoms with Gasteiger partial charge in [0.2, 0.25) is 0 Å². The zero-order valence-corrected chi connectivity index (χ0v) is 7.60. The van der Waals surface area contributed by atoms with Gasteiger partial charge >= 0.3 is 0 Å². The molecule has 0 spiro atoms. The summed E-state index contributed by atoms with van der Waals surface area (Å²) in [5.74, 6) is 0. The second-order valence-corrected chi connectivity index (χ2v) is 3.30. The van der Waals surface area contributed by atoms with Crippen LogP contribution in [0.25, 0.3) is 0 Å². The fourth-order valence-electron chi connectivity index (χ4n) is 0.692. The molecule has 2 nitrogen and oxygen atoms in total. The third-order valence-electron chi connectivity index (χ3n) is 1.08. The molecule has 10 heavy (non-hydrogen) atoms. The summed E-state index contributed by atoms with van der Waals surface area (Å²) < 4.78 is 10.6. The Morgan fingerprint density at radius 2 is 1.80 bits per heavy atom. The van der Waals surface area contributed by atoms with Crippen LogP contribution >= 0.6 is 0 Å². The number of methoxy groups -OCH3 is 1. The molecule has 0 aromatic heterocycles. The summed E-state index contributed by atoms with van der Waals surface area (Å²) >= 11 is 0. The molecule has 1 unspecified atom stereocenters. The van der Waals surface area contributed by atoms with Crippen LogP contribution in [-0.4, -0.2) is 19.0 Å². The van der Waals surface area contributed by atoms with E-state index in [1.807, 2.05) is 27.7 Å². The molecule has 0 bridgehead atoms. The van der Waals surface area contributed by atoms with Gasteiger partial charge in [0.05, 0.1) is 5.60 Å². The van der Waals surface area contributed by atoms with E-state index in [2.05, 4.69) is 0 Å². The monoisotopic (exact) mass is 146 g/mol. The fourth-order valence-corrected chi connectivity index (χ4v) is 0.692. The molecule has 0 N–H and O–H groups in total. The minimum atomic E-state index is -0.101. The van der Waals surface area contributed by atoms with Crippen molar-refractivity contribution in [1.82, 2.24) is 0 Å². The predicted octanol–water partition coefficient (Wildman–Crippen LogP) is 2.18. The summed E-state index contributed by atoms with van der Waals surface area (Å²) in [6, 6.07) is 0. The lowest BCUT2D eigenvalue weighted by molar-refractivity contribution is -0.182. The van der Waals surface area contributed by atoms with Crippen molar-refractivity contribution in [3.05, 3.63) is 0 Å². The highest BCUT2D eigenvalue weighted by Gasteiger charge is 2.15. The van der Waals surface area contributed by atoms with Crippen LogP contribution in [-0.2, 0) is 9.47 Å². The Hall–Kier alpha value is -0.0800. The van der Waals surface area contributed by atoms with Gasteiger partial charge in [0, 0.05) is 7.11 Å². The molecule has 1 atom stereocenters. The van der Waals surface area contributed by atoms with Crippen molar-refractivity contribution < 1.29 is 9.47 Å². The molecule has 0 aromatic rings. The highest BCUT2D eigenvalue weighted by molar-refractivity contribution is 4.59. The molecule has 0 saturated heterocycles. The topological polar surface area (TPSA) is 18.5 Å². The first kappa shape index (κ1) is 9.92. The van der Waals surface area contributed by atoms with Crippen molar-refractivity contribution in [3.63, 3.8) is 0 Å². The summed E-state index contributed by atoms with van der Waals surface area (Å²) in [6.45, 7) is 8.11. The van der Waals surface area contributed by atoms with E-state index in [0.29, 0.717) is 0 Å². The van der Waals surface area contributed by atoms with Crippen molar-refractivity contribution in [3.8, 4) is 0 Å². The quantitative estimate of drug-likeness (QED) is 0.568. The van der Waals surface area contributed by atoms with E-state index < -0.39 is 0 Å². The molecule has 0 aromatic carbocycles. The van der Waals surface area contributed by atoms with Crippen LogP contribution in [0.15, 0.2) is 0 Å². The smallest absolute Gasteiger partial charge is 0.157 e. The van der Waals surface area contributed by atoms with Crippen molar-refractivity contribution in [2.75, 3.05) is 7.11 Å². The third-order valence-corrected chi connectivity index (χ3v) is 1.08. The number of ether oxygens (including phenoxy) is 2. The van der Waals surface area contributed by atoms with Gasteiger partial charge in [-0.2, -0.15) is 0 Å². The molecular formula is C8H18O2. The first-order valence-electron chi connectivity index (χ1n) is 3.70. The second kappa shape index (κ2) is 3.94. The first-order valence-corrected chi connectivity index (χ1v) is 3.70. The zero-order valence-electron chi connectivity index (χ0n) is 7.60. The average Bonchev–Trinajstić information content (AvgIpc) is 1.81. The molecule has 0 amide bonds. The van der Waals surface area contributed by atoms with E-state index in [9.17, 15) is 0 Å². The number of hydrogen-bond donors (Lipinski definition) is 0. The molecule has 62 valence electrons. The number of hydrogen-bond acceptors (Lipinski definition) is 2. The Labute approximate surface area is 63.5 Å². The minimum Gasteiger partial charge on any atom is -0.356 e. The molecule has 0 heterocycles. The van der Waals surface area contributed by atoms with Gasteiger partial charge in [-0.25, -0.2) is 0 Å². The van der Waals surface area contributed by atoms with E-state index in [-0.39, 0.29) is 11.9 Å². The van der Waals surface area contributed by atoms with Gasteiger partial charge in [0.15, 0.2) is 6.29 Å². The van der Waals surface area contributed by atoms with Gasteiger partial charge in [-0.1, -0.05) is 6.92 Å². The van der Waals surface area contributed by atoms with Crippen molar-refractivity contribution in [2.45, 2.75) is 46.0 Å². The van der Waals surface area contributed by atoms with E-state index in [4.69, 9.17) is 9.47 Å². The third kappa shape index (κ3) is 4.77. The molecule has 2 heteroatoms. The van der Waals surface area contributed by atoms with E-state index >= 15 is 0 Å². The highest BCUT2D eigenvalue weighted by atomic mass is 16.7. The van der Waals surface area contributed by atoms with E-state index in [1.165, 1.54) is 0 Å². The molecule has 0 aliphatic carbocycles. The Bertz CT molecular complexity index is 79.7. The molecule has 0 aliphatic rings. The Balaban J connectivity index is 3.63. The lowest BCUT2D eigenvalue weighted by atomic mass is 10.2. The Kier molecular flexibility index (Phi) is 3.91. The van der Waals surface area contributed by atoms with Crippen LogP contribution in [0.4, 0.5) is 0 Å². The second-order valence-electron chi connectivity index (χ2n) is 3.30. The average molecular weight is 146 g/mol. The largest absolute Gasteiger partial charge is 0.356 e. The molecule has 0 aliphatic heterocycles. The maximum atomic E-state index is 5.51. The number of rotatable bonds is 3. The Morgan fingerprint density at radius 3 is 1.90 bits per heavy atom. The van der Waals surface area contributed by atoms with Gasteiger partial charge in [0.25, 0.3) is 0 Å². The van der Waals surface area contributed by atoms with Gasteiger partial charge in [-0.05, 0) is 27.2 Å². The molecular weight excluding hydrogens is 128 g/mol. The molecule has 0 rings (SSSR count). The molecule has 0 saturated carbocycles. The van der Waals surface area contributed by atoms with Gasteiger partial charge in [0.1, 0.15) is 0 Å². The normalized spacial score (nSPS) is 15.3. The summed E-state index contributed by atoms with van der Waals surface area (Å²) in [4.78, 5) is 0. The summed E-state index contributed by atoms with van der Waals surface area (Å²) in [6.07, 6.45) is 0.841. The maximum Gasteiger partial charge on any atom is 0.157 e. The van der Waals surface area contributed by atoms with Gasteiger partial charge in [-0.15, -0.1) is 0 Å². The van der Waals surface area contributed by atoms with Crippen LogP contribution < -0.4 is 0 Å². The zero-order chi connectivity index (χ0) is 8.20. The van der Waals surface area contributed by atoms with E-state index in [0.717, 1.165) is 6.42 Å². The standard InChI is InChI=1S/C8H18O2/c1-6-7(9-5)10-8(2,3)4/h7H,6H2,1-5H3. The van der Waals surface area contributed by atoms with Crippen LogP contribution in [0.2, 0.25) is 0 Å². The molecule has 0 fully saturated rings. The van der Waals surface area contributed by atoms with Gasteiger partial charge in [-0.3, -0.25) is 0 Å². The van der Waals surface area contributed by atoms with Crippen LogP contribution in [0.3, 0.4) is 0 Å². The van der Waals surface area contributed by atoms with Gasteiger partial charge < -0.3 is 9.47 Å². The van der Waals surface area contributed by atoms with Crippen molar-refractivity contribution in [1.29, 1.82) is 0 Å². The maximum absolute atomic E-state index is 5.51.